The molecule has 0 saturated heterocycles. The number of ether oxygens (including phenoxy) is 1. The molecule has 1 aromatic heterocycles. The number of benzene rings is 1. The summed E-state index contributed by atoms with van der Waals surface area (Å²) in [7, 11) is 1.45. The largest absolute Gasteiger partial charge is 0.462 e. The zero-order valence-corrected chi connectivity index (χ0v) is 17.3. The van der Waals surface area contributed by atoms with Gasteiger partial charge in [0.15, 0.2) is 0 Å². The molecule has 0 bridgehead atoms. The minimum absolute atomic E-state index is 0.151. The van der Waals surface area contributed by atoms with Crippen LogP contribution in [0.25, 0.3) is 11.1 Å². The Morgan fingerprint density at radius 1 is 1.17 bits per heavy atom. The van der Waals surface area contributed by atoms with Crippen LogP contribution in [-0.4, -0.2) is 24.7 Å². The summed E-state index contributed by atoms with van der Waals surface area (Å²) in [6.45, 7) is 4.16. The fraction of sp³-hybridized carbons (Fsp3) is 0.478. The van der Waals surface area contributed by atoms with Crippen molar-refractivity contribution < 1.29 is 23.7 Å². The molecule has 1 saturated carbocycles. The van der Waals surface area contributed by atoms with E-state index >= 15 is 0 Å². The van der Waals surface area contributed by atoms with E-state index in [1.807, 2.05) is 6.92 Å². The van der Waals surface area contributed by atoms with Crippen LogP contribution in [0.5, 0.6) is 0 Å². The minimum atomic E-state index is -0.423. The van der Waals surface area contributed by atoms with E-state index in [-0.39, 0.29) is 19.0 Å². The lowest BCUT2D eigenvalue weighted by Gasteiger charge is -2.23. The monoisotopic (exact) mass is 401 g/mol. The van der Waals surface area contributed by atoms with Crippen LogP contribution in [-0.2, 0) is 27.5 Å². The fourth-order valence-corrected chi connectivity index (χ4v) is 4.11. The maximum absolute atomic E-state index is 13.6. The Morgan fingerprint density at radius 2 is 1.86 bits per heavy atom. The summed E-state index contributed by atoms with van der Waals surface area (Å²) < 4.78 is 19.0. The van der Waals surface area contributed by atoms with Gasteiger partial charge >= 0.3 is 5.97 Å². The lowest BCUT2D eigenvalue weighted by atomic mass is 9.87. The summed E-state index contributed by atoms with van der Waals surface area (Å²) in [5, 5.41) is 0. The molecule has 1 aromatic carbocycles. The first-order chi connectivity index (χ1) is 14.1. The second-order valence-corrected chi connectivity index (χ2v) is 7.16. The molecule has 1 aliphatic rings. The summed E-state index contributed by atoms with van der Waals surface area (Å²) in [6, 6.07) is 6.15. The van der Waals surface area contributed by atoms with Gasteiger partial charge in [0.25, 0.3) is 0 Å². The van der Waals surface area contributed by atoms with Gasteiger partial charge in [0.05, 0.1) is 30.7 Å². The SMILES string of the molecule is CCOC(=O)c1c(CC)nc(C2CCCC2)c(COOC)c1-c1ccc(F)cc1. The topological polar surface area (TPSA) is 57.7 Å². The third kappa shape index (κ3) is 4.65. The number of rotatable bonds is 8. The molecule has 1 aliphatic carbocycles. The Bertz CT molecular complexity index is 845. The molecule has 1 heterocycles. The summed E-state index contributed by atoms with van der Waals surface area (Å²) in [5.41, 5.74) is 4.33. The second-order valence-electron chi connectivity index (χ2n) is 7.16. The van der Waals surface area contributed by atoms with Crippen molar-refractivity contribution in [1.29, 1.82) is 0 Å². The van der Waals surface area contributed by atoms with E-state index in [4.69, 9.17) is 19.5 Å². The van der Waals surface area contributed by atoms with Crippen molar-refractivity contribution in [2.75, 3.05) is 13.7 Å². The number of aromatic nitrogens is 1. The zero-order valence-electron chi connectivity index (χ0n) is 17.3. The summed E-state index contributed by atoms with van der Waals surface area (Å²) in [6.07, 6.45) is 5.01. The number of aryl methyl sites for hydroxylation is 1. The van der Waals surface area contributed by atoms with Gasteiger partial charge in [-0.05, 0) is 43.9 Å². The third-order valence-electron chi connectivity index (χ3n) is 5.42. The highest BCUT2D eigenvalue weighted by molar-refractivity contribution is 5.99. The van der Waals surface area contributed by atoms with E-state index in [0.29, 0.717) is 29.2 Å². The Morgan fingerprint density at radius 3 is 2.45 bits per heavy atom. The predicted molar refractivity (Wildman–Crippen MR) is 108 cm³/mol. The van der Waals surface area contributed by atoms with Crippen molar-refractivity contribution in [3.63, 3.8) is 0 Å². The van der Waals surface area contributed by atoms with Crippen LogP contribution in [0.3, 0.4) is 0 Å². The van der Waals surface area contributed by atoms with Crippen LogP contribution < -0.4 is 0 Å². The van der Waals surface area contributed by atoms with Gasteiger partial charge in [-0.15, -0.1) is 0 Å². The Hall–Kier alpha value is -2.31. The Kier molecular flexibility index (Phi) is 7.34. The van der Waals surface area contributed by atoms with Crippen LogP contribution in [0.15, 0.2) is 24.3 Å². The molecule has 3 rings (SSSR count). The number of carbonyl (C=O) groups is 1. The number of hydrogen-bond donors (Lipinski definition) is 0. The van der Waals surface area contributed by atoms with E-state index in [0.717, 1.165) is 42.5 Å². The lowest BCUT2D eigenvalue weighted by molar-refractivity contribution is -0.282. The zero-order chi connectivity index (χ0) is 20.8. The molecule has 156 valence electrons. The molecule has 0 spiro atoms. The van der Waals surface area contributed by atoms with Gasteiger partial charge in [-0.2, -0.15) is 0 Å². The highest BCUT2D eigenvalue weighted by Gasteiger charge is 2.30. The van der Waals surface area contributed by atoms with Crippen molar-refractivity contribution >= 4 is 5.97 Å². The molecular weight excluding hydrogens is 373 g/mol. The van der Waals surface area contributed by atoms with Crippen molar-refractivity contribution in [3.05, 3.63) is 52.6 Å². The molecule has 6 heteroatoms. The van der Waals surface area contributed by atoms with Gasteiger partial charge in [-0.25, -0.2) is 19.0 Å². The van der Waals surface area contributed by atoms with Crippen molar-refractivity contribution in [2.45, 2.75) is 58.5 Å². The maximum Gasteiger partial charge on any atom is 0.340 e. The highest BCUT2D eigenvalue weighted by atomic mass is 19.1. The molecule has 2 aromatic rings. The van der Waals surface area contributed by atoms with E-state index in [1.165, 1.54) is 19.2 Å². The fourth-order valence-electron chi connectivity index (χ4n) is 4.11. The molecule has 0 unspecified atom stereocenters. The van der Waals surface area contributed by atoms with Gasteiger partial charge in [0.2, 0.25) is 0 Å². The second kappa shape index (κ2) is 9.94. The van der Waals surface area contributed by atoms with E-state index < -0.39 is 5.97 Å². The molecule has 0 N–H and O–H groups in total. The molecule has 5 nitrogen and oxygen atoms in total. The number of hydrogen-bond acceptors (Lipinski definition) is 5. The van der Waals surface area contributed by atoms with E-state index in [2.05, 4.69) is 0 Å². The van der Waals surface area contributed by atoms with Crippen LogP contribution in [0.4, 0.5) is 4.39 Å². The van der Waals surface area contributed by atoms with Crippen molar-refractivity contribution in [2.24, 2.45) is 0 Å². The number of halogens is 1. The molecule has 29 heavy (non-hydrogen) atoms. The summed E-state index contributed by atoms with van der Waals surface area (Å²) >= 11 is 0. The van der Waals surface area contributed by atoms with Crippen LogP contribution >= 0.6 is 0 Å². The average molecular weight is 401 g/mol. The Balaban J connectivity index is 2.31. The van der Waals surface area contributed by atoms with Crippen molar-refractivity contribution in [3.8, 4) is 11.1 Å². The van der Waals surface area contributed by atoms with Crippen LogP contribution in [0.1, 0.15) is 72.8 Å². The van der Waals surface area contributed by atoms with Crippen LogP contribution in [0.2, 0.25) is 0 Å². The molecule has 0 atom stereocenters. The van der Waals surface area contributed by atoms with E-state index in [9.17, 15) is 9.18 Å². The first-order valence-corrected chi connectivity index (χ1v) is 10.2. The number of carbonyl (C=O) groups excluding carboxylic acids is 1. The molecule has 0 radical (unpaired) electrons. The minimum Gasteiger partial charge on any atom is -0.462 e. The molecule has 0 amide bonds. The van der Waals surface area contributed by atoms with E-state index in [1.54, 1.807) is 19.1 Å². The van der Waals surface area contributed by atoms with Gasteiger partial charge in [0, 0.05) is 17.0 Å². The first kappa shape index (κ1) is 21.4. The standard InChI is InChI=1S/C23H28FNO4/c1-4-19-21(23(26)28-5-2)20(15-10-12-17(24)13-11-15)18(14-29-27-3)22(25-19)16-8-6-7-9-16/h10-13,16H,4-9,14H2,1-3H3. The molecular formula is C23H28FNO4. The molecule has 1 fully saturated rings. The van der Waals surface area contributed by atoms with Crippen LogP contribution in [0, 0.1) is 5.82 Å². The van der Waals surface area contributed by atoms with Crippen molar-refractivity contribution in [1.82, 2.24) is 4.98 Å². The highest BCUT2D eigenvalue weighted by Crippen LogP contribution is 2.41. The van der Waals surface area contributed by atoms with Gasteiger partial charge < -0.3 is 4.74 Å². The summed E-state index contributed by atoms with van der Waals surface area (Å²) in [5.74, 6) is -0.444. The predicted octanol–water partition coefficient (Wildman–Crippen LogP) is 5.36. The van der Waals surface area contributed by atoms with Gasteiger partial charge in [0.1, 0.15) is 12.4 Å². The van der Waals surface area contributed by atoms with Gasteiger partial charge in [-0.1, -0.05) is 31.9 Å². The molecule has 0 aliphatic heterocycles. The Labute approximate surface area is 171 Å². The normalized spacial score (nSPS) is 14.3. The first-order valence-electron chi connectivity index (χ1n) is 10.2. The average Bonchev–Trinajstić information content (AvgIpc) is 3.26. The number of esters is 1. The number of nitrogens with zero attached hydrogens (tertiary/aromatic N) is 1. The quantitative estimate of drug-likeness (QED) is 0.338. The maximum atomic E-state index is 13.6. The smallest absolute Gasteiger partial charge is 0.340 e. The number of pyridine rings is 1. The third-order valence-corrected chi connectivity index (χ3v) is 5.42. The van der Waals surface area contributed by atoms with Gasteiger partial charge in [-0.3, -0.25) is 4.98 Å². The lowest BCUT2D eigenvalue weighted by Crippen LogP contribution is -2.17. The summed E-state index contributed by atoms with van der Waals surface area (Å²) in [4.78, 5) is 28.0.